The van der Waals surface area contributed by atoms with Crippen LogP contribution >= 0.6 is 0 Å². The molecule has 0 aliphatic carbocycles. The number of hydrogen-bond acceptors (Lipinski definition) is 4. The number of carbonyl (C=O) groups excluding carboxylic acids is 1. The Morgan fingerprint density at radius 1 is 0.647 bits per heavy atom. The van der Waals surface area contributed by atoms with Gasteiger partial charge in [-0.05, 0) is 30.7 Å². The van der Waals surface area contributed by atoms with E-state index in [9.17, 15) is 14.4 Å². The van der Waals surface area contributed by atoms with Crippen molar-refractivity contribution in [1.29, 1.82) is 0 Å². The van der Waals surface area contributed by atoms with Crippen LogP contribution in [0.5, 0.6) is 0 Å². The van der Waals surface area contributed by atoms with Crippen LogP contribution in [0.25, 0.3) is 0 Å². The molecule has 0 radical (unpaired) electrons. The Kier molecular flexibility index (Phi) is 16.6. The molecule has 0 atom stereocenters. The molecule has 0 saturated heterocycles. The Morgan fingerprint density at radius 2 is 1.03 bits per heavy atom. The minimum atomic E-state index is -2.07. The van der Waals surface area contributed by atoms with E-state index in [-0.39, 0.29) is 5.56 Å². The van der Waals surface area contributed by atoms with Gasteiger partial charge in [-0.25, -0.2) is 0 Å². The van der Waals surface area contributed by atoms with E-state index in [2.05, 4.69) is 12.2 Å². The van der Waals surface area contributed by atoms with E-state index in [1.807, 2.05) is 0 Å². The molecule has 0 amide bonds. The van der Waals surface area contributed by atoms with E-state index in [1.165, 1.54) is 108 Å². The van der Waals surface area contributed by atoms with Gasteiger partial charge in [-0.3, -0.25) is 14.4 Å². The maximum absolute atomic E-state index is 12.1. The number of benzene rings is 1. The van der Waals surface area contributed by atoms with Gasteiger partial charge in [0.2, 0.25) is 5.92 Å². The first-order chi connectivity index (χ1) is 16.5. The fraction of sp³-hybridized carbons (Fsp3) is 0.679. The van der Waals surface area contributed by atoms with Gasteiger partial charge in [-0.2, -0.15) is 0 Å². The topological polar surface area (TPSA) is 104 Å². The molecule has 0 aliphatic heterocycles. The van der Waals surface area contributed by atoms with Crippen molar-refractivity contribution in [3.63, 3.8) is 0 Å². The van der Waals surface area contributed by atoms with Crippen molar-refractivity contribution in [2.24, 2.45) is 5.92 Å². The molecule has 1 rings (SSSR count). The fourth-order valence-corrected chi connectivity index (χ4v) is 4.15. The number of rotatable bonds is 22. The fourth-order valence-electron chi connectivity index (χ4n) is 4.15. The normalized spacial score (nSPS) is 11.0. The Hall–Kier alpha value is -2.37. The molecule has 0 heterocycles. The van der Waals surface area contributed by atoms with Gasteiger partial charge >= 0.3 is 11.9 Å². The molecule has 1 aromatic rings. The molecule has 3 N–H and O–H groups in total. The van der Waals surface area contributed by atoms with Gasteiger partial charge in [0.25, 0.3) is 0 Å². The number of anilines is 1. The molecular formula is C28H45NO5. The van der Waals surface area contributed by atoms with Gasteiger partial charge < -0.3 is 15.5 Å². The molecule has 0 bridgehead atoms. The predicted octanol–water partition coefficient (Wildman–Crippen LogP) is 7.33. The molecule has 192 valence electrons. The van der Waals surface area contributed by atoms with E-state index in [4.69, 9.17) is 10.2 Å². The average Bonchev–Trinajstić information content (AvgIpc) is 2.81. The predicted molar refractivity (Wildman–Crippen MR) is 138 cm³/mol. The Labute approximate surface area is 205 Å². The molecule has 34 heavy (non-hydrogen) atoms. The summed E-state index contributed by atoms with van der Waals surface area (Å²) in [6.07, 6.45) is 21.4. The maximum Gasteiger partial charge on any atom is 0.325 e. The summed E-state index contributed by atoms with van der Waals surface area (Å²) in [5, 5.41) is 21.2. The Bertz CT molecular complexity index is 687. The van der Waals surface area contributed by atoms with Crippen LogP contribution in [-0.4, -0.2) is 34.5 Å². The minimum Gasteiger partial charge on any atom is -0.480 e. The zero-order chi connectivity index (χ0) is 25.0. The van der Waals surface area contributed by atoms with Crippen LogP contribution in [0.4, 0.5) is 5.69 Å². The average molecular weight is 476 g/mol. The molecule has 6 nitrogen and oxygen atoms in total. The highest BCUT2D eigenvalue weighted by atomic mass is 16.4. The number of hydrogen-bond donors (Lipinski definition) is 3. The lowest BCUT2D eigenvalue weighted by Gasteiger charge is -2.09. The van der Waals surface area contributed by atoms with E-state index in [0.29, 0.717) is 0 Å². The first-order valence-corrected chi connectivity index (χ1v) is 13.3. The second kappa shape index (κ2) is 19.0. The van der Waals surface area contributed by atoms with Crippen LogP contribution in [0.2, 0.25) is 0 Å². The van der Waals surface area contributed by atoms with Crippen molar-refractivity contribution in [2.75, 3.05) is 11.9 Å². The SMILES string of the molecule is CCCCCCCCCCCCCCCCCCNc1ccc(C(=O)C(C(=O)O)C(=O)O)cc1. The summed E-state index contributed by atoms with van der Waals surface area (Å²) in [6, 6.07) is 6.30. The second-order valence-electron chi connectivity index (χ2n) is 9.28. The number of unbranched alkanes of at least 4 members (excludes halogenated alkanes) is 15. The lowest BCUT2D eigenvalue weighted by atomic mass is 9.97. The molecule has 0 saturated carbocycles. The van der Waals surface area contributed by atoms with E-state index >= 15 is 0 Å². The van der Waals surface area contributed by atoms with Crippen molar-refractivity contribution < 1.29 is 24.6 Å². The third-order valence-corrected chi connectivity index (χ3v) is 6.28. The van der Waals surface area contributed by atoms with E-state index < -0.39 is 23.6 Å². The van der Waals surface area contributed by atoms with Crippen LogP contribution in [0.3, 0.4) is 0 Å². The molecule has 0 aliphatic rings. The number of ketones is 1. The Balaban J connectivity index is 2.00. The summed E-state index contributed by atoms with van der Waals surface area (Å²) in [4.78, 5) is 34.1. The molecule has 1 aromatic carbocycles. The van der Waals surface area contributed by atoms with Crippen LogP contribution in [0.1, 0.15) is 120 Å². The van der Waals surface area contributed by atoms with Crippen molar-refractivity contribution in [3.05, 3.63) is 29.8 Å². The van der Waals surface area contributed by atoms with Gasteiger partial charge in [0.1, 0.15) is 0 Å². The molecule has 0 spiro atoms. The zero-order valence-corrected chi connectivity index (χ0v) is 21.0. The quantitative estimate of drug-likeness (QED) is 0.0921. The first-order valence-electron chi connectivity index (χ1n) is 13.3. The van der Waals surface area contributed by atoms with Gasteiger partial charge in [-0.1, -0.05) is 103 Å². The zero-order valence-electron chi connectivity index (χ0n) is 21.0. The van der Waals surface area contributed by atoms with Crippen LogP contribution < -0.4 is 5.32 Å². The first kappa shape index (κ1) is 29.7. The summed E-state index contributed by atoms with van der Waals surface area (Å²) < 4.78 is 0. The summed E-state index contributed by atoms with van der Waals surface area (Å²) >= 11 is 0. The van der Waals surface area contributed by atoms with Crippen LogP contribution in [0, 0.1) is 5.92 Å². The van der Waals surface area contributed by atoms with Crippen molar-refractivity contribution in [3.8, 4) is 0 Å². The largest absolute Gasteiger partial charge is 0.480 e. The highest BCUT2D eigenvalue weighted by molar-refractivity contribution is 6.20. The van der Waals surface area contributed by atoms with Crippen molar-refractivity contribution in [1.82, 2.24) is 0 Å². The maximum atomic E-state index is 12.1. The van der Waals surface area contributed by atoms with Crippen molar-refractivity contribution in [2.45, 2.75) is 110 Å². The highest BCUT2D eigenvalue weighted by Crippen LogP contribution is 2.16. The number of aliphatic carboxylic acids is 2. The van der Waals surface area contributed by atoms with Crippen LogP contribution in [0.15, 0.2) is 24.3 Å². The van der Waals surface area contributed by atoms with Gasteiger partial charge in [0.15, 0.2) is 5.78 Å². The summed E-state index contributed by atoms with van der Waals surface area (Å²) in [5.41, 5.74) is 0.919. The number of carboxylic acid groups (broad SMARTS) is 2. The number of Topliss-reactive ketones (excluding diaryl/α,β-unsaturated/α-hetero) is 1. The lowest BCUT2D eigenvalue weighted by molar-refractivity contribution is -0.151. The van der Waals surface area contributed by atoms with E-state index in [0.717, 1.165) is 18.7 Å². The number of nitrogens with one attached hydrogen (secondary N) is 1. The van der Waals surface area contributed by atoms with Gasteiger partial charge in [-0.15, -0.1) is 0 Å². The van der Waals surface area contributed by atoms with Crippen molar-refractivity contribution >= 4 is 23.4 Å². The Morgan fingerprint density at radius 3 is 1.41 bits per heavy atom. The smallest absolute Gasteiger partial charge is 0.325 e. The number of carboxylic acids is 2. The standard InChI is InChI=1S/C28H45NO5/c1-2-3-4-5-6-7-8-9-10-11-12-13-14-15-16-17-22-29-24-20-18-23(19-21-24)26(30)25(27(31)32)28(33)34/h18-21,25,29H,2-17,22H2,1H3,(H,31,32)(H,33,34). The molecule has 0 aromatic heterocycles. The third kappa shape index (κ3) is 13.4. The molecular weight excluding hydrogens is 430 g/mol. The summed E-state index contributed by atoms with van der Waals surface area (Å²) in [5.74, 6) is -6.28. The molecule has 0 fully saturated rings. The molecule has 0 unspecified atom stereocenters. The molecule has 6 heteroatoms. The second-order valence-corrected chi connectivity index (χ2v) is 9.28. The third-order valence-electron chi connectivity index (χ3n) is 6.28. The van der Waals surface area contributed by atoms with Gasteiger partial charge in [0, 0.05) is 17.8 Å². The summed E-state index contributed by atoms with van der Waals surface area (Å²) in [7, 11) is 0. The van der Waals surface area contributed by atoms with Gasteiger partial charge in [0.05, 0.1) is 0 Å². The van der Waals surface area contributed by atoms with E-state index in [1.54, 1.807) is 12.1 Å². The number of carbonyl (C=O) groups is 3. The summed E-state index contributed by atoms with van der Waals surface area (Å²) in [6.45, 7) is 3.10. The lowest BCUT2D eigenvalue weighted by Crippen LogP contribution is -2.31. The monoisotopic (exact) mass is 475 g/mol. The highest BCUT2D eigenvalue weighted by Gasteiger charge is 2.34. The van der Waals surface area contributed by atoms with Crippen LogP contribution in [-0.2, 0) is 9.59 Å². The minimum absolute atomic E-state index is 0.0859.